The second kappa shape index (κ2) is 5.95. The van der Waals surface area contributed by atoms with Crippen LogP contribution in [0.1, 0.15) is 15.9 Å². The molecule has 1 aromatic heterocycles. The lowest BCUT2D eigenvalue weighted by Gasteiger charge is -2.13. The monoisotopic (exact) mass is 238 g/mol. The van der Waals surface area contributed by atoms with Gasteiger partial charge in [0.2, 0.25) is 0 Å². The number of nitrogens with zero attached hydrogens (tertiary/aromatic N) is 1. The molecule has 1 heterocycles. The number of carbonyl (C=O) groups excluding carboxylic acids is 1. The molecule has 6 nitrogen and oxygen atoms in total. The number of carbonyl (C=O) groups is 2. The molecule has 0 saturated heterocycles. The number of rotatable bonds is 5. The maximum absolute atomic E-state index is 11.7. The highest BCUT2D eigenvalue weighted by atomic mass is 16.5. The van der Waals surface area contributed by atoms with Gasteiger partial charge < -0.3 is 15.2 Å². The van der Waals surface area contributed by atoms with Crippen LogP contribution in [0.3, 0.4) is 0 Å². The van der Waals surface area contributed by atoms with E-state index in [1.54, 1.807) is 19.2 Å². The number of aliphatic carboxylic acids is 1. The highest BCUT2D eigenvalue weighted by Gasteiger charge is 2.20. The average Bonchev–Trinajstić information content (AvgIpc) is 2.28. The molecule has 1 rings (SSSR count). The van der Waals surface area contributed by atoms with Gasteiger partial charge in [-0.3, -0.25) is 9.78 Å². The highest BCUT2D eigenvalue weighted by Crippen LogP contribution is 2.01. The molecule has 0 aromatic carbocycles. The predicted molar refractivity (Wildman–Crippen MR) is 59.7 cm³/mol. The molecule has 0 radical (unpaired) electrons. The van der Waals surface area contributed by atoms with Gasteiger partial charge in [0.15, 0.2) is 6.04 Å². The zero-order valence-electron chi connectivity index (χ0n) is 9.64. The number of carboxylic acid groups (broad SMARTS) is 1. The predicted octanol–water partition coefficient (Wildman–Crippen LogP) is 0.219. The van der Waals surface area contributed by atoms with Gasteiger partial charge in [-0.25, -0.2) is 4.79 Å². The van der Waals surface area contributed by atoms with Crippen molar-refractivity contribution in [1.82, 2.24) is 10.3 Å². The number of hydrogen-bond donors (Lipinski definition) is 2. The van der Waals surface area contributed by atoms with Gasteiger partial charge in [0.25, 0.3) is 5.91 Å². The number of hydrogen-bond acceptors (Lipinski definition) is 4. The van der Waals surface area contributed by atoms with E-state index in [0.717, 1.165) is 5.56 Å². The summed E-state index contributed by atoms with van der Waals surface area (Å²) in [6.45, 7) is 1.72. The Balaban J connectivity index is 2.73. The van der Waals surface area contributed by atoms with Crippen LogP contribution in [0.5, 0.6) is 0 Å². The molecule has 0 saturated carbocycles. The van der Waals surface area contributed by atoms with Gasteiger partial charge in [0, 0.05) is 19.5 Å². The summed E-state index contributed by atoms with van der Waals surface area (Å²) in [5.74, 6) is -1.62. The number of ether oxygens (including phenoxy) is 1. The molecule has 0 spiro atoms. The van der Waals surface area contributed by atoms with E-state index in [0.29, 0.717) is 5.56 Å². The molecule has 0 aliphatic rings. The summed E-state index contributed by atoms with van der Waals surface area (Å²) >= 11 is 0. The van der Waals surface area contributed by atoms with Crippen LogP contribution in [0, 0.1) is 6.92 Å². The van der Waals surface area contributed by atoms with Crippen molar-refractivity contribution in [3.8, 4) is 0 Å². The van der Waals surface area contributed by atoms with Crippen molar-refractivity contribution in [2.24, 2.45) is 0 Å². The highest BCUT2D eigenvalue weighted by molar-refractivity contribution is 5.96. The molecule has 17 heavy (non-hydrogen) atoms. The zero-order valence-corrected chi connectivity index (χ0v) is 9.64. The summed E-state index contributed by atoms with van der Waals surface area (Å²) in [4.78, 5) is 26.4. The van der Waals surface area contributed by atoms with Crippen molar-refractivity contribution < 1.29 is 19.4 Å². The summed E-state index contributed by atoms with van der Waals surface area (Å²) < 4.78 is 4.71. The number of pyridine rings is 1. The molecule has 1 aromatic rings. The third-order valence-electron chi connectivity index (χ3n) is 2.07. The normalized spacial score (nSPS) is 11.9. The summed E-state index contributed by atoms with van der Waals surface area (Å²) in [6, 6.07) is 0.571. The molecule has 2 N–H and O–H groups in total. The van der Waals surface area contributed by atoms with Gasteiger partial charge in [0.05, 0.1) is 12.2 Å². The van der Waals surface area contributed by atoms with Gasteiger partial charge >= 0.3 is 5.97 Å². The van der Waals surface area contributed by atoms with Crippen molar-refractivity contribution >= 4 is 11.9 Å². The first-order valence-corrected chi connectivity index (χ1v) is 4.99. The molecule has 1 amide bonds. The van der Waals surface area contributed by atoms with Crippen LogP contribution < -0.4 is 5.32 Å². The van der Waals surface area contributed by atoms with E-state index in [4.69, 9.17) is 9.84 Å². The Morgan fingerprint density at radius 3 is 2.76 bits per heavy atom. The minimum Gasteiger partial charge on any atom is -0.480 e. The van der Waals surface area contributed by atoms with E-state index >= 15 is 0 Å². The first-order valence-electron chi connectivity index (χ1n) is 4.99. The topological polar surface area (TPSA) is 88.5 Å². The molecule has 0 fully saturated rings. The lowest BCUT2D eigenvalue weighted by Crippen LogP contribution is -2.43. The minimum absolute atomic E-state index is 0.0830. The lowest BCUT2D eigenvalue weighted by molar-refractivity contribution is -0.140. The van der Waals surface area contributed by atoms with Gasteiger partial charge in [-0.2, -0.15) is 0 Å². The van der Waals surface area contributed by atoms with Crippen LogP contribution in [0.2, 0.25) is 0 Å². The molecule has 92 valence electrons. The van der Waals surface area contributed by atoms with Crippen LogP contribution in [-0.4, -0.2) is 41.7 Å². The van der Waals surface area contributed by atoms with E-state index in [1.807, 2.05) is 0 Å². The van der Waals surface area contributed by atoms with Gasteiger partial charge in [0.1, 0.15) is 0 Å². The Morgan fingerprint density at radius 2 is 2.24 bits per heavy atom. The van der Waals surface area contributed by atoms with Crippen LogP contribution in [0.25, 0.3) is 0 Å². The molecular formula is C11H14N2O4. The Labute approximate surface area is 98.6 Å². The van der Waals surface area contributed by atoms with Gasteiger partial charge in [-0.1, -0.05) is 0 Å². The lowest BCUT2D eigenvalue weighted by atomic mass is 10.2. The zero-order chi connectivity index (χ0) is 12.8. The maximum Gasteiger partial charge on any atom is 0.328 e. The van der Waals surface area contributed by atoms with Crippen molar-refractivity contribution in [3.05, 3.63) is 29.6 Å². The Bertz CT molecular complexity index is 420. The van der Waals surface area contributed by atoms with Crippen molar-refractivity contribution in [1.29, 1.82) is 0 Å². The number of nitrogens with one attached hydrogen (secondary N) is 1. The first-order chi connectivity index (χ1) is 8.04. The van der Waals surface area contributed by atoms with E-state index in [-0.39, 0.29) is 6.61 Å². The van der Waals surface area contributed by atoms with E-state index in [9.17, 15) is 9.59 Å². The standard InChI is InChI=1S/C11H14N2O4/c1-7-3-8(5-12-4-7)10(14)13-9(6-17-2)11(15)16/h3-5,9H,6H2,1-2H3,(H,13,14)(H,15,16). The molecular weight excluding hydrogens is 224 g/mol. The Morgan fingerprint density at radius 1 is 1.53 bits per heavy atom. The molecule has 1 unspecified atom stereocenters. The van der Waals surface area contributed by atoms with Gasteiger partial charge in [-0.15, -0.1) is 0 Å². The second-order valence-electron chi connectivity index (χ2n) is 3.57. The van der Waals surface area contributed by atoms with Crippen LogP contribution in [-0.2, 0) is 9.53 Å². The van der Waals surface area contributed by atoms with Crippen molar-refractivity contribution in [2.75, 3.05) is 13.7 Å². The van der Waals surface area contributed by atoms with E-state index < -0.39 is 17.9 Å². The number of aryl methyl sites for hydroxylation is 1. The fourth-order valence-electron chi connectivity index (χ4n) is 1.26. The fourth-order valence-corrected chi connectivity index (χ4v) is 1.26. The van der Waals surface area contributed by atoms with Crippen molar-refractivity contribution in [3.63, 3.8) is 0 Å². The van der Waals surface area contributed by atoms with E-state index in [2.05, 4.69) is 10.3 Å². The Hall–Kier alpha value is -1.95. The molecule has 1 atom stereocenters. The summed E-state index contributed by atoms with van der Waals surface area (Å²) in [5.41, 5.74) is 1.16. The smallest absolute Gasteiger partial charge is 0.328 e. The minimum atomic E-state index is -1.14. The third kappa shape index (κ3) is 3.84. The fraction of sp³-hybridized carbons (Fsp3) is 0.364. The third-order valence-corrected chi connectivity index (χ3v) is 2.07. The molecule has 0 aliphatic carbocycles. The number of amides is 1. The summed E-state index contributed by atoms with van der Waals surface area (Å²) in [6.07, 6.45) is 2.99. The van der Waals surface area contributed by atoms with Gasteiger partial charge in [-0.05, 0) is 18.6 Å². The van der Waals surface area contributed by atoms with Crippen LogP contribution in [0.15, 0.2) is 18.5 Å². The largest absolute Gasteiger partial charge is 0.480 e. The number of carboxylic acids is 1. The summed E-state index contributed by atoms with van der Waals surface area (Å²) in [5, 5.41) is 11.2. The van der Waals surface area contributed by atoms with E-state index in [1.165, 1.54) is 13.3 Å². The second-order valence-corrected chi connectivity index (χ2v) is 3.57. The van der Waals surface area contributed by atoms with Crippen LogP contribution in [0.4, 0.5) is 0 Å². The maximum atomic E-state index is 11.7. The van der Waals surface area contributed by atoms with Crippen molar-refractivity contribution in [2.45, 2.75) is 13.0 Å². The number of methoxy groups -OCH3 is 1. The molecule has 0 bridgehead atoms. The molecule has 6 heteroatoms. The first kappa shape index (κ1) is 13.1. The average molecular weight is 238 g/mol. The van der Waals surface area contributed by atoms with Crippen LogP contribution >= 0.6 is 0 Å². The summed E-state index contributed by atoms with van der Waals surface area (Å²) in [7, 11) is 1.37. The number of aromatic nitrogens is 1. The Kier molecular flexibility index (Phi) is 4.59. The SMILES string of the molecule is COCC(NC(=O)c1cncc(C)c1)C(=O)O. The molecule has 0 aliphatic heterocycles. The quantitative estimate of drug-likeness (QED) is 0.766.